The summed E-state index contributed by atoms with van der Waals surface area (Å²) in [6.45, 7) is 17.3. The Morgan fingerprint density at radius 2 is 1.44 bits per heavy atom. The van der Waals surface area contributed by atoms with Gasteiger partial charge in [-0.15, -0.1) is 0 Å². The maximum atomic E-state index is 13.1. The molecular formula is C26H44O5Si. The molecule has 1 rings (SSSR count). The third kappa shape index (κ3) is 8.04. The van der Waals surface area contributed by atoms with Crippen LogP contribution in [0.5, 0.6) is 0 Å². The van der Waals surface area contributed by atoms with Gasteiger partial charge in [0.2, 0.25) is 14.4 Å². The monoisotopic (exact) mass is 464 g/mol. The summed E-state index contributed by atoms with van der Waals surface area (Å²) in [5.41, 5.74) is 1.96. The summed E-state index contributed by atoms with van der Waals surface area (Å²) in [5.74, 6) is -1.05. The molecule has 0 aliphatic carbocycles. The van der Waals surface area contributed by atoms with E-state index in [1.807, 2.05) is 18.2 Å². The second kappa shape index (κ2) is 13.8. The van der Waals surface area contributed by atoms with Gasteiger partial charge in [0.15, 0.2) is 0 Å². The zero-order valence-electron chi connectivity index (χ0n) is 21.4. The number of esters is 2. The second-order valence-corrected chi connectivity index (χ2v) is 15.0. The number of hydrogen-bond donors (Lipinski definition) is 0. The smallest absolute Gasteiger partial charge is 0.352 e. The van der Waals surface area contributed by atoms with Crippen molar-refractivity contribution in [2.75, 3.05) is 6.61 Å². The highest BCUT2D eigenvalue weighted by atomic mass is 28.4. The van der Waals surface area contributed by atoms with Crippen molar-refractivity contribution in [3.63, 3.8) is 0 Å². The number of hydrogen-bond acceptors (Lipinski definition) is 5. The largest absolute Gasteiger partial charge is 0.457 e. The molecule has 2 atom stereocenters. The predicted octanol–water partition coefficient (Wildman–Crippen LogP) is 6.98. The van der Waals surface area contributed by atoms with Gasteiger partial charge >= 0.3 is 11.9 Å². The third-order valence-electron chi connectivity index (χ3n) is 6.24. The first-order valence-electron chi connectivity index (χ1n) is 12.1. The molecule has 0 radical (unpaired) electrons. The van der Waals surface area contributed by atoms with Crippen LogP contribution in [0.3, 0.4) is 0 Å². The summed E-state index contributed by atoms with van der Waals surface area (Å²) in [5, 5.41) is 0. The molecule has 0 amide bonds. The first-order valence-corrected chi connectivity index (χ1v) is 14.3. The third-order valence-corrected chi connectivity index (χ3v) is 12.3. The summed E-state index contributed by atoms with van der Waals surface area (Å²) < 4.78 is 18.0. The SMILES string of the molecule is CCCCC[C@@H](CO[Si](C(C)C)(C(C)C)C(C)C)OC(=O)[C@@H](OC(C)=O)c1ccccc1. The molecule has 0 unspecified atom stereocenters. The molecule has 0 spiro atoms. The fourth-order valence-electron chi connectivity index (χ4n) is 4.81. The van der Waals surface area contributed by atoms with Crippen molar-refractivity contribution < 1.29 is 23.5 Å². The van der Waals surface area contributed by atoms with Gasteiger partial charge in [-0.1, -0.05) is 91.6 Å². The van der Waals surface area contributed by atoms with Crippen LogP contribution in [0.25, 0.3) is 0 Å². The number of unbranched alkanes of at least 4 members (excludes halogenated alkanes) is 2. The van der Waals surface area contributed by atoms with E-state index in [2.05, 4.69) is 48.5 Å². The normalized spacial score (nSPS) is 14.0. The van der Waals surface area contributed by atoms with Crippen molar-refractivity contribution in [1.29, 1.82) is 0 Å². The number of rotatable bonds is 14. The molecule has 0 heterocycles. The zero-order valence-corrected chi connectivity index (χ0v) is 22.4. The van der Waals surface area contributed by atoms with Crippen LogP contribution in [0.1, 0.15) is 92.7 Å². The van der Waals surface area contributed by atoms with Gasteiger partial charge < -0.3 is 13.9 Å². The van der Waals surface area contributed by atoms with E-state index in [1.54, 1.807) is 12.1 Å². The Kier molecular flexibility index (Phi) is 12.2. The first kappa shape index (κ1) is 28.4. The molecule has 0 aliphatic rings. The summed E-state index contributed by atoms with van der Waals surface area (Å²) in [6, 6.07) is 9.02. The standard InChI is InChI=1S/C26H44O5Si/c1-9-10-12-17-24(18-29-32(19(2)3,20(4)5)21(6)7)31-26(28)25(30-22(8)27)23-15-13-11-14-16-23/h11,13-16,19-21,24-25H,9-10,12,17-18H2,1-8H3/t24-,25-/m0/s1. The van der Waals surface area contributed by atoms with Crippen LogP contribution in [0, 0.1) is 0 Å². The van der Waals surface area contributed by atoms with Gasteiger partial charge in [0.05, 0.1) is 6.61 Å². The fourth-order valence-corrected chi connectivity index (χ4v) is 10.3. The minimum Gasteiger partial charge on any atom is -0.457 e. The second-order valence-electron chi connectivity index (χ2n) is 9.58. The molecule has 182 valence electrons. The highest BCUT2D eigenvalue weighted by Gasteiger charge is 2.45. The van der Waals surface area contributed by atoms with Crippen molar-refractivity contribution >= 4 is 20.3 Å². The average molecular weight is 465 g/mol. The van der Waals surface area contributed by atoms with Crippen LogP contribution in [-0.4, -0.2) is 33.0 Å². The molecular weight excluding hydrogens is 420 g/mol. The van der Waals surface area contributed by atoms with Crippen molar-refractivity contribution in [1.82, 2.24) is 0 Å². The fraction of sp³-hybridized carbons (Fsp3) is 0.692. The Morgan fingerprint density at radius 3 is 1.91 bits per heavy atom. The van der Waals surface area contributed by atoms with Crippen molar-refractivity contribution in [2.24, 2.45) is 0 Å². The number of carbonyl (C=O) groups excluding carboxylic acids is 2. The van der Waals surface area contributed by atoms with E-state index in [0.717, 1.165) is 25.7 Å². The molecule has 0 N–H and O–H groups in total. The van der Waals surface area contributed by atoms with Crippen molar-refractivity contribution in [2.45, 2.75) is 110 Å². The molecule has 5 nitrogen and oxygen atoms in total. The van der Waals surface area contributed by atoms with Crippen LogP contribution in [-0.2, 0) is 23.5 Å². The Bertz CT molecular complexity index is 665. The molecule has 0 fully saturated rings. The molecule has 0 aromatic heterocycles. The summed E-state index contributed by atoms with van der Waals surface area (Å²) >= 11 is 0. The Hall–Kier alpha value is -1.66. The number of carbonyl (C=O) groups is 2. The lowest BCUT2D eigenvalue weighted by Crippen LogP contribution is -2.49. The molecule has 6 heteroatoms. The van der Waals surface area contributed by atoms with Gasteiger partial charge in [0.1, 0.15) is 6.10 Å². The highest BCUT2D eigenvalue weighted by Crippen LogP contribution is 2.42. The van der Waals surface area contributed by atoms with Crippen LogP contribution >= 0.6 is 0 Å². The van der Waals surface area contributed by atoms with Crippen molar-refractivity contribution in [3.05, 3.63) is 35.9 Å². The zero-order chi connectivity index (χ0) is 24.3. The van der Waals surface area contributed by atoms with Crippen LogP contribution in [0.2, 0.25) is 16.6 Å². The van der Waals surface area contributed by atoms with E-state index in [9.17, 15) is 9.59 Å². The number of ether oxygens (including phenoxy) is 2. The van der Waals surface area contributed by atoms with E-state index in [0.29, 0.717) is 28.8 Å². The molecule has 32 heavy (non-hydrogen) atoms. The predicted molar refractivity (Wildman–Crippen MR) is 132 cm³/mol. The first-order chi connectivity index (χ1) is 15.1. The topological polar surface area (TPSA) is 61.8 Å². The Morgan fingerprint density at radius 1 is 0.875 bits per heavy atom. The summed E-state index contributed by atoms with van der Waals surface area (Å²) in [6.07, 6.45) is 2.43. The average Bonchev–Trinajstić information content (AvgIpc) is 2.72. The van der Waals surface area contributed by atoms with E-state index < -0.39 is 26.4 Å². The van der Waals surface area contributed by atoms with Gasteiger partial charge in [0.25, 0.3) is 0 Å². The molecule has 0 saturated heterocycles. The van der Waals surface area contributed by atoms with E-state index in [1.165, 1.54) is 6.92 Å². The van der Waals surface area contributed by atoms with Crippen LogP contribution < -0.4 is 0 Å². The van der Waals surface area contributed by atoms with E-state index in [4.69, 9.17) is 13.9 Å². The Labute approximate surface area is 196 Å². The summed E-state index contributed by atoms with van der Waals surface area (Å²) in [7, 11) is -2.08. The van der Waals surface area contributed by atoms with E-state index in [-0.39, 0.29) is 6.10 Å². The lowest BCUT2D eigenvalue weighted by molar-refractivity contribution is -0.172. The molecule has 0 bridgehead atoms. The highest BCUT2D eigenvalue weighted by molar-refractivity contribution is 6.77. The molecule has 1 aromatic carbocycles. The number of benzene rings is 1. The lowest BCUT2D eigenvalue weighted by Gasteiger charge is -2.43. The van der Waals surface area contributed by atoms with Crippen molar-refractivity contribution in [3.8, 4) is 0 Å². The minimum absolute atomic E-state index is 0.362. The quantitative estimate of drug-likeness (QED) is 0.169. The van der Waals surface area contributed by atoms with E-state index >= 15 is 0 Å². The van der Waals surface area contributed by atoms with Crippen LogP contribution in [0.15, 0.2) is 30.3 Å². The lowest BCUT2D eigenvalue weighted by atomic mass is 10.1. The summed E-state index contributed by atoms with van der Waals surface area (Å²) in [4.78, 5) is 24.8. The van der Waals surface area contributed by atoms with Gasteiger partial charge in [0, 0.05) is 12.5 Å². The Balaban J connectivity index is 3.06. The minimum atomic E-state index is -2.08. The molecule has 0 aliphatic heterocycles. The van der Waals surface area contributed by atoms with Gasteiger partial charge in [-0.25, -0.2) is 4.79 Å². The van der Waals surface area contributed by atoms with Gasteiger partial charge in [-0.3, -0.25) is 4.79 Å². The van der Waals surface area contributed by atoms with Gasteiger partial charge in [-0.05, 0) is 29.5 Å². The maximum absolute atomic E-state index is 13.1. The van der Waals surface area contributed by atoms with Crippen LogP contribution in [0.4, 0.5) is 0 Å². The maximum Gasteiger partial charge on any atom is 0.352 e. The molecule has 1 aromatic rings. The molecule has 0 saturated carbocycles. The van der Waals surface area contributed by atoms with Gasteiger partial charge in [-0.2, -0.15) is 0 Å².